The van der Waals surface area contributed by atoms with Gasteiger partial charge in [-0.05, 0) is 24.3 Å². The van der Waals surface area contributed by atoms with E-state index in [9.17, 15) is 0 Å². The molecular weight excluding hydrogens is 326 g/mol. The summed E-state index contributed by atoms with van der Waals surface area (Å²) in [5, 5.41) is 7.60. The van der Waals surface area contributed by atoms with E-state index < -0.39 is 0 Å². The van der Waals surface area contributed by atoms with E-state index in [1.165, 1.54) is 0 Å². The molecule has 0 aliphatic carbocycles. The van der Waals surface area contributed by atoms with Crippen LogP contribution in [-0.2, 0) is 0 Å². The molecule has 0 aliphatic heterocycles. The zero-order valence-electron chi connectivity index (χ0n) is 14.0. The lowest BCUT2D eigenvalue weighted by Gasteiger charge is -2.11. The number of para-hydroxylation sites is 1. The van der Waals surface area contributed by atoms with Crippen molar-refractivity contribution in [3.63, 3.8) is 0 Å². The number of nitrogens with one attached hydrogen (secondary N) is 2. The first-order valence-corrected chi connectivity index (χ1v) is 8.31. The van der Waals surface area contributed by atoms with Crippen molar-refractivity contribution >= 4 is 22.5 Å². The van der Waals surface area contributed by atoms with Crippen LogP contribution >= 0.6 is 0 Å². The topological polar surface area (TPSA) is 88.5 Å². The smallest absolute Gasteiger partial charge is 0.162 e. The molecule has 0 atom stereocenters. The highest BCUT2D eigenvalue weighted by Crippen LogP contribution is 2.24. The molecule has 0 saturated carbocycles. The molecule has 128 valence electrons. The number of nitrogens with zero attached hydrogens (tertiary/aromatic N) is 5. The molecule has 1 aromatic carbocycles. The summed E-state index contributed by atoms with van der Waals surface area (Å²) >= 11 is 0. The molecule has 0 radical (unpaired) electrons. The molecular formula is C19H17N7. The molecule has 7 heteroatoms. The third-order valence-electron chi connectivity index (χ3n) is 3.83. The second kappa shape index (κ2) is 7.52. The molecule has 26 heavy (non-hydrogen) atoms. The fourth-order valence-corrected chi connectivity index (χ4v) is 2.60. The van der Waals surface area contributed by atoms with Crippen LogP contribution < -0.4 is 10.6 Å². The maximum Gasteiger partial charge on any atom is 0.162 e. The standard InChI is InChI=1S/C19H17N7/c1-2-4-16-15(3-1)19(24-12-11-23-17-13-21-9-10-22-17)26-18(25-16)14-5-7-20-8-6-14/h1-10,13H,11-12H2,(H,22,23)(H,24,25,26). The number of benzene rings is 1. The van der Waals surface area contributed by atoms with Crippen molar-refractivity contribution in [1.82, 2.24) is 24.9 Å². The first kappa shape index (κ1) is 15.9. The van der Waals surface area contributed by atoms with Gasteiger partial charge in [0.15, 0.2) is 5.82 Å². The first-order chi connectivity index (χ1) is 12.9. The van der Waals surface area contributed by atoms with Crippen LogP contribution in [0.1, 0.15) is 0 Å². The minimum absolute atomic E-state index is 0.676. The van der Waals surface area contributed by atoms with E-state index in [0.29, 0.717) is 18.9 Å². The Kier molecular flexibility index (Phi) is 4.60. The van der Waals surface area contributed by atoms with Gasteiger partial charge in [0.1, 0.15) is 11.6 Å². The molecule has 0 fully saturated rings. The van der Waals surface area contributed by atoms with Crippen molar-refractivity contribution in [2.75, 3.05) is 23.7 Å². The Balaban J connectivity index is 1.55. The lowest BCUT2D eigenvalue weighted by atomic mass is 10.2. The second-order valence-electron chi connectivity index (χ2n) is 5.59. The Labute approximate surface area is 150 Å². The number of aromatic nitrogens is 5. The van der Waals surface area contributed by atoms with Crippen molar-refractivity contribution in [2.45, 2.75) is 0 Å². The molecule has 0 bridgehead atoms. The molecule has 0 aliphatic rings. The van der Waals surface area contributed by atoms with E-state index >= 15 is 0 Å². The van der Waals surface area contributed by atoms with Gasteiger partial charge in [0, 0.05) is 48.8 Å². The largest absolute Gasteiger partial charge is 0.368 e. The number of rotatable bonds is 6. The predicted molar refractivity (Wildman–Crippen MR) is 102 cm³/mol. The quantitative estimate of drug-likeness (QED) is 0.520. The Morgan fingerprint density at radius 3 is 2.46 bits per heavy atom. The van der Waals surface area contributed by atoms with E-state index in [1.807, 2.05) is 36.4 Å². The number of fused-ring (bicyclic) bond motifs is 1. The van der Waals surface area contributed by atoms with Gasteiger partial charge in [-0.1, -0.05) is 12.1 Å². The van der Waals surface area contributed by atoms with Crippen molar-refractivity contribution in [2.24, 2.45) is 0 Å². The van der Waals surface area contributed by atoms with E-state index in [1.54, 1.807) is 31.0 Å². The number of pyridine rings is 1. The van der Waals surface area contributed by atoms with Gasteiger partial charge >= 0.3 is 0 Å². The van der Waals surface area contributed by atoms with Gasteiger partial charge in [-0.15, -0.1) is 0 Å². The maximum atomic E-state index is 4.71. The van der Waals surface area contributed by atoms with Gasteiger partial charge in [-0.2, -0.15) is 0 Å². The zero-order chi connectivity index (χ0) is 17.6. The minimum atomic E-state index is 0.676. The monoisotopic (exact) mass is 343 g/mol. The van der Waals surface area contributed by atoms with Gasteiger partial charge in [-0.25, -0.2) is 15.0 Å². The molecule has 7 nitrogen and oxygen atoms in total. The Morgan fingerprint density at radius 1 is 0.769 bits per heavy atom. The highest BCUT2D eigenvalue weighted by atomic mass is 15.1. The van der Waals surface area contributed by atoms with E-state index in [2.05, 4.69) is 30.6 Å². The Bertz CT molecular complexity index is 990. The molecule has 0 amide bonds. The summed E-state index contributed by atoms with van der Waals surface area (Å²) in [5.74, 6) is 2.23. The number of anilines is 2. The van der Waals surface area contributed by atoms with Crippen LogP contribution in [0.3, 0.4) is 0 Å². The fraction of sp³-hybridized carbons (Fsp3) is 0.105. The fourth-order valence-electron chi connectivity index (χ4n) is 2.60. The third-order valence-corrected chi connectivity index (χ3v) is 3.83. The third kappa shape index (κ3) is 3.56. The minimum Gasteiger partial charge on any atom is -0.368 e. The number of hydrogen-bond donors (Lipinski definition) is 2. The van der Waals surface area contributed by atoms with Crippen molar-refractivity contribution in [3.05, 3.63) is 67.4 Å². The van der Waals surface area contributed by atoms with Crippen LogP contribution in [0, 0.1) is 0 Å². The highest BCUT2D eigenvalue weighted by Gasteiger charge is 2.08. The van der Waals surface area contributed by atoms with Gasteiger partial charge in [0.05, 0.1) is 11.7 Å². The molecule has 4 aromatic rings. The molecule has 3 aromatic heterocycles. The lowest BCUT2D eigenvalue weighted by Crippen LogP contribution is -2.15. The Hall–Kier alpha value is -3.61. The van der Waals surface area contributed by atoms with Crippen LogP contribution in [0.25, 0.3) is 22.3 Å². The summed E-state index contributed by atoms with van der Waals surface area (Å²) in [6.07, 6.45) is 8.49. The summed E-state index contributed by atoms with van der Waals surface area (Å²) in [6, 6.07) is 11.8. The Morgan fingerprint density at radius 2 is 1.62 bits per heavy atom. The predicted octanol–water partition coefficient (Wildman–Crippen LogP) is 3.01. The van der Waals surface area contributed by atoms with Crippen LogP contribution in [0.5, 0.6) is 0 Å². The summed E-state index contributed by atoms with van der Waals surface area (Å²) in [5.41, 5.74) is 1.84. The van der Waals surface area contributed by atoms with Crippen LogP contribution in [-0.4, -0.2) is 38.0 Å². The van der Waals surface area contributed by atoms with Crippen molar-refractivity contribution in [1.29, 1.82) is 0 Å². The van der Waals surface area contributed by atoms with Crippen molar-refractivity contribution in [3.8, 4) is 11.4 Å². The summed E-state index contributed by atoms with van der Waals surface area (Å²) in [6.45, 7) is 1.38. The summed E-state index contributed by atoms with van der Waals surface area (Å²) in [4.78, 5) is 21.7. The summed E-state index contributed by atoms with van der Waals surface area (Å²) in [7, 11) is 0. The van der Waals surface area contributed by atoms with Crippen LogP contribution in [0.15, 0.2) is 67.4 Å². The lowest BCUT2D eigenvalue weighted by molar-refractivity contribution is 1.04. The maximum absolute atomic E-state index is 4.71. The average molecular weight is 343 g/mol. The van der Waals surface area contributed by atoms with E-state index in [0.717, 1.165) is 28.1 Å². The first-order valence-electron chi connectivity index (χ1n) is 8.31. The molecule has 4 rings (SSSR count). The van der Waals surface area contributed by atoms with Crippen molar-refractivity contribution < 1.29 is 0 Å². The highest BCUT2D eigenvalue weighted by molar-refractivity contribution is 5.90. The van der Waals surface area contributed by atoms with Crippen LogP contribution in [0.4, 0.5) is 11.6 Å². The molecule has 0 saturated heterocycles. The SMILES string of the molecule is c1ccc2c(NCCNc3cnccn3)nc(-c3ccncc3)nc2c1. The number of hydrogen-bond acceptors (Lipinski definition) is 7. The second-order valence-corrected chi connectivity index (χ2v) is 5.59. The molecule has 2 N–H and O–H groups in total. The van der Waals surface area contributed by atoms with Gasteiger partial charge in [-0.3, -0.25) is 9.97 Å². The van der Waals surface area contributed by atoms with Crippen LogP contribution in [0.2, 0.25) is 0 Å². The average Bonchev–Trinajstić information content (AvgIpc) is 2.72. The molecule has 0 unspecified atom stereocenters. The van der Waals surface area contributed by atoms with Gasteiger partial charge < -0.3 is 10.6 Å². The summed E-state index contributed by atoms with van der Waals surface area (Å²) < 4.78 is 0. The van der Waals surface area contributed by atoms with E-state index in [4.69, 9.17) is 4.98 Å². The van der Waals surface area contributed by atoms with E-state index in [-0.39, 0.29) is 0 Å². The normalized spacial score (nSPS) is 10.6. The zero-order valence-corrected chi connectivity index (χ0v) is 14.0. The van der Waals surface area contributed by atoms with Gasteiger partial charge in [0.2, 0.25) is 0 Å². The van der Waals surface area contributed by atoms with Gasteiger partial charge in [0.25, 0.3) is 0 Å². The molecule has 3 heterocycles. The molecule has 0 spiro atoms.